The molecule has 80 valence electrons. The molecule has 2 N–H and O–H groups in total. The summed E-state index contributed by atoms with van der Waals surface area (Å²) in [5.41, 5.74) is 5.62. The third-order valence-corrected chi connectivity index (χ3v) is 2.45. The summed E-state index contributed by atoms with van der Waals surface area (Å²) >= 11 is 0. The molecule has 1 fully saturated rings. The van der Waals surface area contributed by atoms with Crippen molar-refractivity contribution in [2.24, 2.45) is 5.73 Å². The van der Waals surface area contributed by atoms with Gasteiger partial charge in [-0.3, -0.25) is 4.79 Å². The fourth-order valence-electron chi connectivity index (χ4n) is 1.47. The smallest absolute Gasteiger partial charge is 0.223 e. The van der Waals surface area contributed by atoms with Gasteiger partial charge in [-0.25, -0.2) is 0 Å². The van der Waals surface area contributed by atoms with E-state index in [0.29, 0.717) is 19.0 Å². The van der Waals surface area contributed by atoms with Crippen molar-refractivity contribution in [1.29, 1.82) is 0 Å². The summed E-state index contributed by atoms with van der Waals surface area (Å²) in [4.78, 5) is 13.7. The maximum atomic E-state index is 11.7. The average molecular weight is 196 g/mol. The molecule has 3 heteroatoms. The number of rotatable bonds is 6. The molecule has 1 saturated carbocycles. The minimum Gasteiger partial charge on any atom is -0.336 e. The van der Waals surface area contributed by atoms with Crippen LogP contribution in [0.1, 0.15) is 32.6 Å². The predicted molar refractivity (Wildman–Crippen MR) is 57.8 cm³/mol. The van der Waals surface area contributed by atoms with Crippen LogP contribution >= 0.6 is 0 Å². The van der Waals surface area contributed by atoms with Gasteiger partial charge in [0.15, 0.2) is 0 Å². The van der Waals surface area contributed by atoms with Crippen molar-refractivity contribution >= 4 is 5.91 Å². The molecule has 0 radical (unpaired) electrons. The highest BCUT2D eigenvalue weighted by Gasteiger charge is 2.31. The van der Waals surface area contributed by atoms with E-state index in [4.69, 9.17) is 5.73 Å². The van der Waals surface area contributed by atoms with Crippen molar-refractivity contribution in [3.63, 3.8) is 0 Å². The molecular formula is C11H20N2O. The largest absolute Gasteiger partial charge is 0.336 e. The lowest BCUT2D eigenvalue weighted by atomic mass is 10.2. The first-order valence-corrected chi connectivity index (χ1v) is 5.31. The van der Waals surface area contributed by atoms with Gasteiger partial charge in [0.2, 0.25) is 5.91 Å². The monoisotopic (exact) mass is 196 g/mol. The van der Waals surface area contributed by atoms with Crippen molar-refractivity contribution < 1.29 is 4.79 Å². The van der Waals surface area contributed by atoms with Gasteiger partial charge in [-0.15, -0.1) is 6.58 Å². The Kier molecular flexibility index (Phi) is 4.14. The van der Waals surface area contributed by atoms with Crippen LogP contribution in [0.25, 0.3) is 0 Å². The van der Waals surface area contributed by atoms with Crippen molar-refractivity contribution in [1.82, 2.24) is 4.90 Å². The van der Waals surface area contributed by atoms with Crippen LogP contribution in [-0.4, -0.2) is 29.4 Å². The highest BCUT2D eigenvalue weighted by atomic mass is 16.2. The average Bonchev–Trinajstić information content (AvgIpc) is 2.93. The van der Waals surface area contributed by atoms with E-state index >= 15 is 0 Å². The number of hydrogen-bond acceptors (Lipinski definition) is 2. The third-order valence-electron chi connectivity index (χ3n) is 2.45. The normalized spacial score (nSPS) is 17.6. The Morgan fingerprint density at radius 1 is 1.71 bits per heavy atom. The van der Waals surface area contributed by atoms with Crippen LogP contribution in [0, 0.1) is 0 Å². The molecule has 0 heterocycles. The van der Waals surface area contributed by atoms with Gasteiger partial charge in [0.05, 0.1) is 0 Å². The van der Waals surface area contributed by atoms with Crippen molar-refractivity contribution in [2.75, 3.05) is 6.54 Å². The molecule has 1 atom stereocenters. The van der Waals surface area contributed by atoms with E-state index in [1.807, 2.05) is 11.8 Å². The highest BCUT2D eigenvalue weighted by Crippen LogP contribution is 2.27. The second-order valence-electron chi connectivity index (χ2n) is 4.08. The van der Waals surface area contributed by atoms with Crippen LogP contribution in [0.15, 0.2) is 12.7 Å². The topological polar surface area (TPSA) is 46.3 Å². The van der Waals surface area contributed by atoms with Crippen LogP contribution in [-0.2, 0) is 4.79 Å². The Morgan fingerprint density at radius 2 is 2.36 bits per heavy atom. The van der Waals surface area contributed by atoms with Crippen LogP contribution < -0.4 is 5.73 Å². The SMILES string of the molecule is C=CCN(C(=O)CCC(C)N)C1CC1. The molecule has 0 saturated heterocycles. The third kappa shape index (κ3) is 3.50. The molecule has 14 heavy (non-hydrogen) atoms. The summed E-state index contributed by atoms with van der Waals surface area (Å²) in [6.07, 6.45) is 5.44. The first kappa shape index (κ1) is 11.2. The molecule has 1 aliphatic rings. The Hall–Kier alpha value is -0.830. The van der Waals surface area contributed by atoms with Gasteiger partial charge in [0.1, 0.15) is 0 Å². The van der Waals surface area contributed by atoms with E-state index in [-0.39, 0.29) is 11.9 Å². The number of carbonyl (C=O) groups excluding carboxylic acids is 1. The molecule has 0 aliphatic heterocycles. The maximum Gasteiger partial charge on any atom is 0.223 e. The minimum atomic E-state index is 0.115. The zero-order valence-corrected chi connectivity index (χ0v) is 8.91. The quantitative estimate of drug-likeness (QED) is 0.651. The number of nitrogens with zero attached hydrogens (tertiary/aromatic N) is 1. The predicted octanol–water partition coefficient (Wildman–Crippen LogP) is 1.29. The molecule has 1 rings (SSSR count). The van der Waals surface area contributed by atoms with Crippen molar-refractivity contribution in [3.8, 4) is 0 Å². The lowest BCUT2D eigenvalue weighted by molar-refractivity contribution is -0.131. The zero-order valence-electron chi connectivity index (χ0n) is 8.91. The molecule has 1 aliphatic carbocycles. The molecule has 1 unspecified atom stereocenters. The molecule has 0 aromatic heterocycles. The van der Waals surface area contributed by atoms with Gasteiger partial charge in [0.25, 0.3) is 0 Å². The van der Waals surface area contributed by atoms with E-state index in [1.165, 1.54) is 0 Å². The van der Waals surface area contributed by atoms with Crippen LogP contribution in [0.5, 0.6) is 0 Å². The van der Waals surface area contributed by atoms with Gasteiger partial charge >= 0.3 is 0 Å². The van der Waals surface area contributed by atoms with Crippen LogP contribution in [0.3, 0.4) is 0 Å². The highest BCUT2D eigenvalue weighted by molar-refractivity contribution is 5.77. The summed E-state index contributed by atoms with van der Waals surface area (Å²) in [5.74, 6) is 0.227. The first-order chi connectivity index (χ1) is 6.65. The van der Waals surface area contributed by atoms with Gasteiger partial charge in [-0.1, -0.05) is 6.08 Å². The first-order valence-electron chi connectivity index (χ1n) is 5.31. The summed E-state index contributed by atoms with van der Waals surface area (Å²) in [7, 11) is 0. The second-order valence-corrected chi connectivity index (χ2v) is 4.08. The van der Waals surface area contributed by atoms with E-state index in [1.54, 1.807) is 6.08 Å². The molecule has 0 aromatic carbocycles. The summed E-state index contributed by atoms with van der Waals surface area (Å²) in [5, 5.41) is 0. The number of nitrogens with two attached hydrogens (primary N) is 1. The number of carbonyl (C=O) groups is 1. The lowest BCUT2D eigenvalue weighted by Crippen LogP contribution is -2.34. The van der Waals surface area contributed by atoms with E-state index in [0.717, 1.165) is 19.3 Å². The molecule has 3 nitrogen and oxygen atoms in total. The molecular weight excluding hydrogens is 176 g/mol. The Labute approximate surface area is 86.0 Å². The van der Waals surface area contributed by atoms with E-state index < -0.39 is 0 Å². The van der Waals surface area contributed by atoms with Gasteiger partial charge in [0, 0.05) is 25.0 Å². The minimum absolute atomic E-state index is 0.115. The van der Waals surface area contributed by atoms with Crippen molar-refractivity contribution in [3.05, 3.63) is 12.7 Å². The lowest BCUT2D eigenvalue weighted by Gasteiger charge is -2.21. The van der Waals surface area contributed by atoms with Crippen LogP contribution in [0.4, 0.5) is 0 Å². The fraction of sp³-hybridized carbons (Fsp3) is 0.727. The maximum absolute atomic E-state index is 11.7. The Bertz CT molecular complexity index is 209. The van der Waals surface area contributed by atoms with Crippen LogP contribution in [0.2, 0.25) is 0 Å². The Balaban J connectivity index is 2.34. The van der Waals surface area contributed by atoms with Crippen molar-refractivity contribution in [2.45, 2.75) is 44.7 Å². The zero-order chi connectivity index (χ0) is 10.6. The standard InChI is InChI=1S/C11H20N2O/c1-3-8-13(10-5-6-10)11(14)7-4-9(2)12/h3,9-10H,1,4-8,12H2,2H3. The Morgan fingerprint density at radius 3 is 2.79 bits per heavy atom. The van der Waals surface area contributed by atoms with E-state index in [2.05, 4.69) is 6.58 Å². The molecule has 0 spiro atoms. The number of hydrogen-bond donors (Lipinski definition) is 1. The van der Waals surface area contributed by atoms with E-state index in [9.17, 15) is 4.79 Å². The molecule has 0 aromatic rings. The summed E-state index contributed by atoms with van der Waals surface area (Å²) in [6.45, 7) is 6.29. The molecule has 1 amide bonds. The fourth-order valence-corrected chi connectivity index (χ4v) is 1.47. The number of amides is 1. The summed E-state index contributed by atoms with van der Waals surface area (Å²) < 4.78 is 0. The van der Waals surface area contributed by atoms with Gasteiger partial charge in [-0.2, -0.15) is 0 Å². The second kappa shape index (κ2) is 5.15. The van der Waals surface area contributed by atoms with Gasteiger partial charge in [-0.05, 0) is 26.2 Å². The van der Waals surface area contributed by atoms with Gasteiger partial charge < -0.3 is 10.6 Å². The summed E-state index contributed by atoms with van der Waals surface area (Å²) in [6, 6.07) is 0.595. The molecule has 0 bridgehead atoms.